The molecule has 0 amide bonds. The molecule has 1 unspecified atom stereocenters. The quantitative estimate of drug-likeness (QED) is 0.114. The number of rotatable bonds is 13. The van der Waals surface area contributed by atoms with Gasteiger partial charge in [0.25, 0.3) is 0 Å². The van der Waals surface area contributed by atoms with Crippen LogP contribution in [-0.2, 0) is 6.54 Å². The average Bonchev–Trinajstić information content (AvgIpc) is 3.14. The molecule has 1 aromatic heterocycles. The first-order valence-electron chi connectivity index (χ1n) is 15.5. The first-order valence-corrected chi connectivity index (χ1v) is 19.9. The summed E-state index contributed by atoms with van der Waals surface area (Å²) in [6.45, 7) is 0.262. The summed E-state index contributed by atoms with van der Waals surface area (Å²) in [5.74, 6) is 2.52. The molecule has 0 spiro atoms. The van der Waals surface area contributed by atoms with Crippen molar-refractivity contribution in [2.24, 2.45) is 4.52 Å². The molecule has 248 valence electrons. The standard InChI is InChI=1S/C36H34N5O5P3/c1-6-18-32(19-7-1)42-48(43-33-20-8-2-9-21-33)39-47-40-49(44-34-22-10-3-11-23-34,45-35-24-12-4-13-25-35,46-36-26-14-5-15-27-36)41(48)38-30-31-17-16-28-37-29-31/h1-29,38,40,47H,30H2. The van der Waals surface area contributed by atoms with Crippen molar-refractivity contribution in [3.8, 4) is 28.7 Å². The second-order valence-electron chi connectivity index (χ2n) is 10.7. The van der Waals surface area contributed by atoms with E-state index in [1.54, 1.807) is 16.9 Å². The molecule has 6 aromatic rings. The van der Waals surface area contributed by atoms with Crippen molar-refractivity contribution in [3.63, 3.8) is 0 Å². The second kappa shape index (κ2) is 14.8. The number of hydrazine groups is 1. The van der Waals surface area contributed by atoms with Crippen LogP contribution in [0.1, 0.15) is 5.56 Å². The summed E-state index contributed by atoms with van der Waals surface area (Å²) in [6.07, 6.45) is 3.51. The molecule has 0 radical (unpaired) electrons. The zero-order valence-electron chi connectivity index (χ0n) is 26.2. The van der Waals surface area contributed by atoms with E-state index in [0.29, 0.717) is 28.7 Å². The van der Waals surface area contributed by atoms with Gasteiger partial charge in [-0.05, 0) is 0 Å². The third-order valence-electron chi connectivity index (χ3n) is 7.09. The predicted octanol–water partition coefficient (Wildman–Crippen LogP) is 9.97. The van der Waals surface area contributed by atoms with E-state index in [-0.39, 0.29) is 15.4 Å². The zero-order valence-corrected chi connectivity index (χ0v) is 29.0. The molecule has 2 heterocycles. The van der Waals surface area contributed by atoms with E-state index in [0.717, 1.165) is 5.56 Å². The summed E-state index contributed by atoms with van der Waals surface area (Å²) in [5.41, 5.74) is 4.46. The Kier molecular flexibility index (Phi) is 9.87. The van der Waals surface area contributed by atoms with Gasteiger partial charge in [-0.25, -0.2) is 0 Å². The van der Waals surface area contributed by atoms with Crippen LogP contribution in [0, 0.1) is 0 Å². The molecule has 1 aliphatic rings. The third kappa shape index (κ3) is 7.46. The van der Waals surface area contributed by atoms with Gasteiger partial charge in [0, 0.05) is 0 Å². The summed E-state index contributed by atoms with van der Waals surface area (Å²) in [6, 6.07) is 50.9. The van der Waals surface area contributed by atoms with E-state index in [2.05, 4.69) is 15.3 Å². The van der Waals surface area contributed by atoms with Crippen molar-refractivity contribution in [1.29, 1.82) is 0 Å². The Hall–Kier alpha value is -4.78. The molecule has 49 heavy (non-hydrogen) atoms. The van der Waals surface area contributed by atoms with Crippen LogP contribution in [-0.4, -0.2) is 9.53 Å². The Balaban J connectivity index is 1.51. The summed E-state index contributed by atoms with van der Waals surface area (Å²) >= 11 is 0. The van der Waals surface area contributed by atoms with Crippen molar-refractivity contribution in [2.45, 2.75) is 6.54 Å². The monoisotopic (exact) mass is 709 g/mol. The Bertz CT molecular complexity index is 1840. The molecule has 0 saturated carbocycles. The van der Waals surface area contributed by atoms with Gasteiger partial charge >= 0.3 is 288 Å². The summed E-state index contributed by atoms with van der Waals surface area (Å²) in [7, 11) is -9.12. The fraction of sp³-hybridized carbons (Fsp3) is 0.0278. The molecule has 7 rings (SSSR count). The molecule has 0 fully saturated rings. The van der Waals surface area contributed by atoms with Gasteiger partial charge < -0.3 is 0 Å². The van der Waals surface area contributed by atoms with E-state index < -0.39 is 15.2 Å². The molecular formula is C36H34N5O5P3. The minimum atomic E-state index is -5.05. The molecule has 1 atom stereocenters. The van der Waals surface area contributed by atoms with Crippen LogP contribution in [0.15, 0.2) is 181 Å². The number of nitrogens with zero attached hydrogens (tertiary/aromatic N) is 3. The number of pyridine rings is 1. The van der Waals surface area contributed by atoms with Gasteiger partial charge in [0.2, 0.25) is 0 Å². The number of aromatic nitrogens is 1. The fourth-order valence-electron chi connectivity index (χ4n) is 4.95. The van der Waals surface area contributed by atoms with E-state index in [1.165, 1.54) is 0 Å². The van der Waals surface area contributed by atoms with Crippen LogP contribution < -0.4 is 32.9 Å². The Morgan fingerprint density at radius 3 is 1.41 bits per heavy atom. The van der Waals surface area contributed by atoms with Gasteiger partial charge in [-0.3, -0.25) is 0 Å². The summed E-state index contributed by atoms with van der Waals surface area (Å²) < 4.78 is 42.4. The summed E-state index contributed by atoms with van der Waals surface area (Å²) in [4.78, 5) is 7.89. The number of para-hydroxylation sites is 5. The van der Waals surface area contributed by atoms with Gasteiger partial charge in [-0.1, -0.05) is 0 Å². The van der Waals surface area contributed by atoms with E-state index in [4.69, 9.17) is 27.1 Å². The van der Waals surface area contributed by atoms with Crippen LogP contribution >= 0.6 is 24.1 Å². The molecule has 5 aromatic carbocycles. The number of hydrogen-bond donors (Lipinski definition) is 2. The first-order chi connectivity index (χ1) is 24.1. The van der Waals surface area contributed by atoms with Crippen molar-refractivity contribution in [3.05, 3.63) is 182 Å². The minimum absolute atomic E-state index is 0.262. The number of benzene rings is 5. The van der Waals surface area contributed by atoms with Gasteiger partial charge in [0.15, 0.2) is 0 Å². The average molecular weight is 710 g/mol. The topological polar surface area (TPSA) is 98.7 Å². The normalized spacial score (nSPS) is 17.3. The van der Waals surface area contributed by atoms with Crippen LogP contribution in [0.3, 0.4) is 0 Å². The first kappa shape index (κ1) is 32.8. The van der Waals surface area contributed by atoms with Gasteiger partial charge in [-0.15, -0.1) is 0 Å². The van der Waals surface area contributed by atoms with Gasteiger partial charge in [-0.2, -0.15) is 0 Å². The van der Waals surface area contributed by atoms with E-state index >= 15 is 0 Å². The van der Waals surface area contributed by atoms with Crippen LogP contribution in [0.2, 0.25) is 0 Å². The second-order valence-corrected chi connectivity index (χ2v) is 17.3. The summed E-state index contributed by atoms with van der Waals surface area (Å²) in [5, 5.41) is 0. The van der Waals surface area contributed by atoms with E-state index in [1.807, 2.05) is 164 Å². The SMILES string of the molecule is c1ccc(OP2(Oc3ccccc3)=NPNP(Oc3ccccc3)(Oc3ccccc3)(Oc3ccccc3)N2NCc2cccnc2)cc1. The Morgan fingerprint density at radius 2 is 1.00 bits per heavy atom. The third-order valence-corrected chi connectivity index (χ3v) is 15.9. The Morgan fingerprint density at radius 1 is 0.571 bits per heavy atom. The number of nitrogens with one attached hydrogen (secondary N) is 2. The molecular weight excluding hydrogens is 675 g/mol. The maximum atomic E-state index is 7.21. The maximum absolute atomic E-state index is 7.21. The van der Waals surface area contributed by atoms with Crippen molar-refractivity contribution >= 4 is 24.1 Å². The Labute approximate surface area is 287 Å². The van der Waals surface area contributed by atoms with Gasteiger partial charge in [0.1, 0.15) is 0 Å². The van der Waals surface area contributed by atoms with Crippen LogP contribution in [0.5, 0.6) is 28.7 Å². The fourth-order valence-corrected chi connectivity index (χ4v) is 14.5. The number of hydrogen-bond acceptors (Lipinski definition) is 10. The molecule has 0 aliphatic carbocycles. The molecule has 0 bridgehead atoms. The van der Waals surface area contributed by atoms with E-state index in [9.17, 15) is 0 Å². The van der Waals surface area contributed by atoms with Crippen molar-refractivity contribution in [1.82, 2.24) is 19.8 Å². The predicted molar refractivity (Wildman–Crippen MR) is 196 cm³/mol. The molecule has 13 heteroatoms. The van der Waals surface area contributed by atoms with Crippen molar-refractivity contribution in [2.75, 3.05) is 0 Å². The molecule has 2 N–H and O–H groups in total. The molecule has 0 saturated heterocycles. The van der Waals surface area contributed by atoms with Crippen LogP contribution in [0.4, 0.5) is 0 Å². The van der Waals surface area contributed by atoms with Crippen LogP contribution in [0.25, 0.3) is 0 Å². The zero-order chi connectivity index (χ0) is 33.3. The molecule has 1 aliphatic heterocycles. The van der Waals surface area contributed by atoms with Crippen molar-refractivity contribution < 1.29 is 22.6 Å². The molecule has 10 nitrogen and oxygen atoms in total. The van der Waals surface area contributed by atoms with Gasteiger partial charge in [0.05, 0.1) is 0 Å².